The third-order valence-electron chi connectivity index (χ3n) is 4.84. The van der Waals surface area contributed by atoms with Gasteiger partial charge >= 0.3 is 0 Å². The Balaban J connectivity index is 1.59. The van der Waals surface area contributed by atoms with Crippen molar-refractivity contribution in [3.05, 3.63) is 88.9 Å². The molecule has 8 heteroatoms. The maximum absolute atomic E-state index is 14.9. The maximum Gasteiger partial charge on any atom is 0.269 e. The molecule has 1 N–H and O–H groups in total. The lowest BCUT2D eigenvalue weighted by molar-refractivity contribution is 0.545. The van der Waals surface area contributed by atoms with Crippen molar-refractivity contribution >= 4 is 22.1 Å². The quantitative estimate of drug-likeness (QED) is 0.511. The average molecular weight is 389 g/mol. The van der Waals surface area contributed by atoms with E-state index in [4.69, 9.17) is 0 Å². The first-order valence-electron chi connectivity index (χ1n) is 8.81. The van der Waals surface area contributed by atoms with E-state index in [2.05, 4.69) is 19.9 Å². The number of pyridine rings is 2. The van der Waals surface area contributed by atoms with Gasteiger partial charge in [0.15, 0.2) is 0 Å². The SMILES string of the molecule is O=c1cnc2cnccc2n1Cc1c(F)cc(-c2cnc3[nH]ccc3c2)cc1F. The summed E-state index contributed by atoms with van der Waals surface area (Å²) in [7, 11) is 0. The van der Waals surface area contributed by atoms with Crippen molar-refractivity contribution in [1.82, 2.24) is 24.5 Å². The van der Waals surface area contributed by atoms with Gasteiger partial charge in [-0.2, -0.15) is 0 Å². The normalized spacial score (nSPS) is 11.4. The van der Waals surface area contributed by atoms with Crippen molar-refractivity contribution in [1.29, 1.82) is 0 Å². The van der Waals surface area contributed by atoms with Gasteiger partial charge in [-0.05, 0) is 35.9 Å². The Morgan fingerprint density at radius 1 is 0.966 bits per heavy atom. The van der Waals surface area contributed by atoms with Gasteiger partial charge in [-0.15, -0.1) is 0 Å². The number of hydrogen-bond donors (Lipinski definition) is 1. The first kappa shape index (κ1) is 17.2. The van der Waals surface area contributed by atoms with E-state index in [1.54, 1.807) is 24.5 Å². The van der Waals surface area contributed by atoms with Crippen LogP contribution in [0.25, 0.3) is 33.2 Å². The Morgan fingerprint density at radius 2 is 1.79 bits per heavy atom. The van der Waals surface area contributed by atoms with Gasteiger partial charge < -0.3 is 9.55 Å². The predicted molar refractivity (Wildman–Crippen MR) is 104 cm³/mol. The van der Waals surface area contributed by atoms with Crippen LogP contribution in [0.4, 0.5) is 8.78 Å². The molecule has 29 heavy (non-hydrogen) atoms. The molecule has 5 aromatic rings. The minimum absolute atomic E-state index is 0.198. The number of nitrogens with zero attached hydrogens (tertiary/aromatic N) is 4. The summed E-state index contributed by atoms with van der Waals surface area (Å²) in [6.07, 6.45) is 7.41. The third-order valence-corrected chi connectivity index (χ3v) is 4.84. The summed E-state index contributed by atoms with van der Waals surface area (Å²) in [5.41, 5.74) is 1.94. The fraction of sp³-hybridized carbons (Fsp3) is 0.0476. The molecule has 0 amide bonds. The van der Waals surface area contributed by atoms with E-state index in [1.165, 1.54) is 29.1 Å². The fourth-order valence-corrected chi connectivity index (χ4v) is 3.36. The lowest BCUT2D eigenvalue weighted by Gasteiger charge is -2.12. The average Bonchev–Trinajstić information content (AvgIpc) is 3.19. The molecule has 5 rings (SSSR count). The Kier molecular flexibility index (Phi) is 3.90. The smallest absolute Gasteiger partial charge is 0.269 e. The highest BCUT2D eigenvalue weighted by Crippen LogP contribution is 2.27. The van der Waals surface area contributed by atoms with Crippen LogP contribution in [0.2, 0.25) is 0 Å². The second kappa shape index (κ2) is 6.59. The summed E-state index contributed by atoms with van der Waals surface area (Å²) < 4.78 is 31.0. The maximum atomic E-state index is 14.9. The number of nitrogens with one attached hydrogen (secondary N) is 1. The highest BCUT2D eigenvalue weighted by molar-refractivity contribution is 5.81. The van der Waals surface area contributed by atoms with Crippen LogP contribution in [0.1, 0.15) is 5.56 Å². The molecule has 0 aliphatic rings. The van der Waals surface area contributed by atoms with E-state index in [1.807, 2.05) is 6.07 Å². The number of benzene rings is 1. The number of hydrogen-bond acceptors (Lipinski definition) is 4. The number of fused-ring (bicyclic) bond motifs is 2. The van der Waals surface area contributed by atoms with Gasteiger partial charge in [0, 0.05) is 35.1 Å². The Labute approximate surface area is 162 Å². The summed E-state index contributed by atoms with van der Waals surface area (Å²) >= 11 is 0. The Hall–Kier alpha value is -3.94. The zero-order valence-electron chi connectivity index (χ0n) is 14.9. The number of H-pyrrole nitrogens is 1. The van der Waals surface area contributed by atoms with E-state index in [0.29, 0.717) is 27.8 Å². The van der Waals surface area contributed by atoms with Gasteiger partial charge in [0.1, 0.15) is 22.8 Å². The summed E-state index contributed by atoms with van der Waals surface area (Å²) in [5, 5.41) is 0.843. The molecule has 142 valence electrons. The van der Waals surface area contributed by atoms with Gasteiger partial charge in [0.2, 0.25) is 0 Å². The van der Waals surface area contributed by atoms with Gasteiger partial charge in [-0.25, -0.2) is 18.7 Å². The van der Waals surface area contributed by atoms with Crippen molar-refractivity contribution < 1.29 is 8.78 Å². The largest absolute Gasteiger partial charge is 0.346 e. The summed E-state index contributed by atoms with van der Waals surface area (Å²) in [6, 6.07) is 7.74. The molecule has 0 radical (unpaired) electrons. The second-order valence-electron chi connectivity index (χ2n) is 6.60. The molecular formula is C21H13F2N5O. The van der Waals surface area contributed by atoms with E-state index in [-0.39, 0.29) is 12.1 Å². The van der Waals surface area contributed by atoms with Gasteiger partial charge in [-0.3, -0.25) is 9.78 Å². The van der Waals surface area contributed by atoms with Crippen LogP contribution in [0.3, 0.4) is 0 Å². The van der Waals surface area contributed by atoms with Crippen molar-refractivity contribution in [2.24, 2.45) is 0 Å². The summed E-state index contributed by atoms with van der Waals surface area (Å²) in [6.45, 7) is -0.255. The summed E-state index contributed by atoms with van der Waals surface area (Å²) in [4.78, 5) is 27.5. The van der Waals surface area contributed by atoms with Crippen LogP contribution in [0.5, 0.6) is 0 Å². The highest BCUT2D eigenvalue weighted by Gasteiger charge is 2.15. The van der Waals surface area contributed by atoms with Crippen molar-refractivity contribution in [2.75, 3.05) is 0 Å². The Bertz CT molecular complexity index is 1420. The lowest BCUT2D eigenvalue weighted by atomic mass is 10.0. The first-order chi connectivity index (χ1) is 14.1. The van der Waals surface area contributed by atoms with Crippen molar-refractivity contribution in [3.8, 4) is 11.1 Å². The number of halogens is 2. The van der Waals surface area contributed by atoms with Crippen LogP contribution < -0.4 is 5.56 Å². The van der Waals surface area contributed by atoms with Gasteiger partial charge in [0.05, 0.1) is 24.5 Å². The van der Waals surface area contributed by atoms with Crippen LogP contribution in [-0.2, 0) is 6.54 Å². The topological polar surface area (TPSA) is 76.5 Å². The Morgan fingerprint density at radius 3 is 2.62 bits per heavy atom. The first-order valence-corrected chi connectivity index (χ1v) is 8.81. The minimum atomic E-state index is -0.736. The monoisotopic (exact) mass is 389 g/mol. The van der Waals surface area contributed by atoms with Gasteiger partial charge in [0.25, 0.3) is 5.56 Å². The fourth-order valence-electron chi connectivity index (χ4n) is 3.36. The van der Waals surface area contributed by atoms with E-state index in [0.717, 1.165) is 11.6 Å². The molecule has 0 aliphatic heterocycles. The molecule has 0 atom stereocenters. The number of aromatic nitrogens is 5. The molecule has 4 aromatic heterocycles. The van der Waals surface area contributed by atoms with Crippen LogP contribution in [0, 0.1) is 11.6 Å². The standard InChI is InChI=1S/C21H13F2N5O/c22-16-6-13(14-5-12-1-4-25-21(12)27-8-14)7-17(23)15(16)11-28-19-2-3-24-9-18(19)26-10-20(28)29/h1-10H,11H2,(H,25,27). The number of rotatable bonds is 3. The lowest BCUT2D eigenvalue weighted by Crippen LogP contribution is -2.22. The second-order valence-corrected chi connectivity index (χ2v) is 6.60. The minimum Gasteiger partial charge on any atom is -0.346 e. The molecule has 0 unspecified atom stereocenters. The molecule has 0 aliphatic carbocycles. The molecule has 4 heterocycles. The molecule has 1 aromatic carbocycles. The zero-order valence-corrected chi connectivity index (χ0v) is 14.9. The van der Waals surface area contributed by atoms with Crippen molar-refractivity contribution in [2.45, 2.75) is 6.54 Å². The predicted octanol–water partition coefficient (Wildman–Crippen LogP) is 3.66. The third kappa shape index (κ3) is 2.94. The van der Waals surface area contributed by atoms with Gasteiger partial charge in [-0.1, -0.05) is 0 Å². The molecule has 0 spiro atoms. The van der Waals surface area contributed by atoms with Crippen LogP contribution >= 0.6 is 0 Å². The van der Waals surface area contributed by atoms with E-state index >= 15 is 0 Å². The van der Waals surface area contributed by atoms with Crippen molar-refractivity contribution in [3.63, 3.8) is 0 Å². The van der Waals surface area contributed by atoms with E-state index in [9.17, 15) is 13.6 Å². The molecule has 6 nitrogen and oxygen atoms in total. The molecule has 0 fully saturated rings. The zero-order chi connectivity index (χ0) is 20.0. The highest BCUT2D eigenvalue weighted by atomic mass is 19.1. The number of aromatic amines is 1. The molecular weight excluding hydrogens is 376 g/mol. The summed E-state index contributed by atoms with van der Waals surface area (Å²) in [5.74, 6) is -1.47. The molecule has 0 saturated carbocycles. The van der Waals surface area contributed by atoms with Crippen LogP contribution in [-0.4, -0.2) is 24.5 Å². The molecule has 0 saturated heterocycles. The van der Waals surface area contributed by atoms with Crippen LogP contribution in [0.15, 0.2) is 66.1 Å². The molecule has 0 bridgehead atoms. The van der Waals surface area contributed by atoms with E-state index < -0.39 is 17.2 Å².